The molecule has 0 radical (unpaired) electrons. The number of nitro groups is 1. The Labute approximate surface area is 110 Å². The van der Waals surface area contributed by atoms with E-state index in [0.717, 1.165) is 0 Å². The molecule has 0 aromatic heterocycles. The number of nitrogens with zero attached hydrogens (tertiary/aromatic N) is 1. The van der Waals surface area contributed by atoms with Gasteiger partial charge in [-0.2, -0.15) is 0 Å². The summed E-state index contributed by atoms with van der Waals surface area (Å²) in [4.78, 5) is 21.7. The molecule has 2 N–H and O–H groups in total. The van der Waals surface area contributed by atoms with Crippen LogP contribution in [0.5, 0.6) is 0 Å². The standard InChI is InChI=1S/C13H16N2O4/c1-13(2,17)9-14-12(16)8-7-10-5-3-4-6-11(10)15(18)19/h3-8,17H,9H2,1-2H3,(H,14,16). The summed E-state index contributed by atoms with van der Waals surface area (Å²) in [5.41, 5.74) is -0.706. The number of aliphatic hydroxyl groups is 1. The minimum Gasteiger partial charge on any atom is -0.389 e. The summed E-state index contributed by atoms with van der Waals surface area (Å²) in [7, 11) is 0. The van der Waals surface area contributed by atoms with E-state index in [1.54, 1.807) is 32.0 Å². The van der Waals surface area contributed by atoms with E-state index in [1.807, 2.05) is 0 Å². The molecule has 102 valence electrons. The van der Waals surface area contributed by atoms with E-state index in [-0.39, 0.29) is 12.2 Å². The molecule has 1 aromatic carbocycles. The lowest BCUT2D eigenvalue weighted by atomic mass is 10.1. The monoisotopic (exact) mass is 264 g/mol. The molecule has 0 aliphatic heterocycles. The zero-order chi connectivity index (χ0) is 14.5. The van der Waals surface area contributed by atoms with Crippen LogP contribution in [0.2, 0.25) is 0 Å². The maximum atomic E-state index is 11.5. The van der Waals surface area contributed by atoms with Gasteiger partial charge in [0, 0.05) is 18.7 Å². The Morgan fingerprint density at radius 1 is 1.47 bits per heavy atom. The van der Waals surface area contributed by atoms with Crippen molar-refractivity contribution in [3.05, 3.63) is 46.0 Å². The van der Waals surface area contributed by atoms with Crippen LogP contribution in [0.1, 0.15) is 19.4 Å². The molecule has 1 amide bonds. The van der Waals surface area contributed by atoms with E-state index < -0.39 is 16.4 Å². The quantitative estimate of drug-likeness (QED) is 0.479. The predicted octanol–water partition coefficient (Wildman–Crippen LogP) is 1.50. The number of para-hydroxylation sites is 1. The van der Waals surface area contributed by atoms with E-state index in [2.05, 4.69) is 5.32 Å². The summed E-state index contributed by atoms with van der Waals surface area (Å²) in [6, 6.07) is 6.14. The average Bonchev–Trinajstić information content (AvgIpc) is 2.33. The zero-order valence-corrected chi connectivity index (χ0v) is 10.8. The van der Waals surface area contributed by atoms with Crippen molar-refractivity contribution >= 4 is 17.7 Å². The van der Waals surface area contributed by atoms with Crippen LogP contribution in [0.25, 0.3) is 6.08 Å². The molecule has 0 unspecified atom stereocenters. The number of rotatable bonds is 5. The second-order valence-corrected chi connectivity index (χ2v) is 4.68. The lowest BCUT2D eigenvalue weighted by Crippen LogP contribution is -2.37. The van der Waals surface area contributed by atoms with Crippen molar-refractivity contribution in [2.75, 3.05) is 6.54 Å². The molecule has 0 saturated carbocycles. The molecule has 0 bridgehead atoms. The van der Waals surface area contributed by atoms with Crippen molar-refractivity contribution < 1.29 is 14.8 Å². The topological polar surface area (TPSA) is 92.5 Å². The second kappa shape index (κ2) is 6.10. The van der Waals surface area contributed by atoms with Gasteiger partial charge in [0.15, 0.2) is 0 Å². The minimum absolute atomic E-state index is 0.0611. The molecule has 19 heavy (non-hydrogen) atoms. The van der Waals surface area contributed by atoms with Crippen molar-refractivity contribution in [3.8, 4) is 0 Å². The molecule has 6 nitrogen and oxygen atoms in total. The molecule has 0 atom stereocenters. The fourth-order valence-corrected chi connectivity index (χ4v) is 1.32. The molecule has 0 aliphatic rings. The summed E-state index contributed by atoms with van der Waals surface area (Å²) in [6.45, 7) is 3.24. The molecule has 0 saturated heterocycles. The van der Waals surface area contributed by atoms with E-state index in [9.17, 15) is 20.0 Å². The Hall–Kier alpha value is -2.21. The number of amides is 1. The third-order valence-corrected chi connectivity index (χ3v) is 2.24. The third kappa shape index (κ3) is 5.31. The normalized spacial score (nSPS) is 11.5. The number of carbonyl (C=O) groups excluding carboxylic acids is 1. The Balaban J connectivity index is 2.72. The van der Waals surface area contributed by atoms with Crippen LogP contribution in [0.3, 0.4) is 0 Å². The predicted molar refractivity (Wildman–Crippen MR) is 71.4 cm³/mol. The van der Waals surface area contributed by atoms with Gasteiger partial charge in [0.05, 0.1) is 16.1 Å². The number of nitrogens with one attached hydrogen (secondary N) is 1. The molecule has 1 rings (SSSR count). The fourth-order valence-electron chi connectivity index (χ4n) is 1.32. The van der Waals surface area contributed by atoms with E-state index in [1.165, 1.54) is 18.2 Å². The van der Waals surface area contributed by atoms with Gasteiger partial charge in [-0.3, -0.25) is 14.9 Å². The van der Waals surface area contributed by atoms with Crippen molar-refractivity contribution in [2.45, 2.75) is 19.4 Å². The fraction of sp³-hybridized carbons (Fsp3) is 0.308. The first-order chi connectivity index (χ1) is 8.79. The van der Waals surface area contributed by atoms with E-state index in [4.69, 9.17) is 0 Å². The Morgan fingerprint density at radius 3 is 2.68 bits per heavy atom. The SMILES string of the molecule is CC(C)(O)CNC(=O)C=Cc1ccccc1[N+](=O)[O-]. The maximum Gasteiger partial charge on any atom is 0.276 e. The Bertz CT molecular complexity index is 504. The number of hydrogen-bond acceptors (Lipinski definition) is 4. The molecule has 6 heteroatoms. The van der Waals surface area contributed by atoms with E-state index in [0.29, 0.717) is 5.56 Å². The first kappa shape index (κ1) is 14.8. The number of carbonyl (C=O) groups is 1. The summed E-state index contributed by atoms with van der Waals surface area (Å²) in [5, 5.41) is 22.7. The Morgan fingerprint density at radius 2 is 2.11 bits per heavy atom. The maximum absolute atomic E-state index is 11.5. The van der Waals surface area contributed by atoms with Crippen LogP contribution in [-0.2, 0) is 4.79 Å². The van der Waals surface area contributed by atoms with Gasteiger partial charge in [-0.15, -0.1) is 0 Å². The lowest BCUT2D eigenvalue weighted by Gasteiger charge is -2.16. The molecule has 0 heterocycles. The highest BCUT2D eigenvalue weighted by molar-refractivity contribution is 5.92. The van der Waals surface area contributed by atoms with Gasteiger partial charge in [0.2, 0.25) is 5.91 Å². The van der Waals surface area contributed by atoms with Gasteiger partial charge in [-0.25, -0.2) is 0 Å². The van der Waals surface area contributed by atoms with Crippen LogP contribution in [0.15, 0.2) is 30.3 Å². The summed E-state index contributed by atoms with van der Waals surface area (Å²) in [6.07, 6.45) is 2.58. The lowest BCUT2D eigenvalue weighted by molar-refractivity contribution is -0.385. The second-order valence-electron chi connectivity index (χ2n) is 4.68. The van der Waals surface area contributed by atoms with Crippen LogP contribution in [-0.4, -0.2) is 28.1 Å². The third-order valence-electron chi connectivity index (χ3n) is 2.24. The Kier molecular flexibility index (Phi) is 4.77. The molecular formula is C13H16N2O4. The van der Waals surface area contributed by atoms with Gasteiger partial charge < -0.3 is 10.4 Å². The highest BCUT2D eigenvalue weighted by atomic mass is 16.6. The molecule has 0 aliphatic carbocycles. The van der Waals surface area contributed by atoms with E-state index >= 15 is 0 Å². The number of hydrogen-bond donors (Lipinski definition) is 2. The smallest absolute Gasteiger partial charge is 0.276 e. The summed E-state index contributed by atoms with van der Waals surface area (Å²) < 4.78 is 0. The van der Waals surface area contributed by atoms with Gasteiger partial charge >= 0.3 is 0 Å². The average molecular weight is 264 g/mol. The van der Waals surface area contributed by atoms with Gasteiger partial charge in [0.25, 0.3) is 5.69 Å². The molecule has 1 aromatic rings. The molecular weight excluding hydrogens is 248 g/mol. The molecule has 0 fully saturated rings. The first-order valence-electron chi connectivity index (χ1n) is 5.71. The zero-order valence-electron chi connectivity index (χ0n) is 10.8. The van der Waals surface area contributed by atoms with Crippen molar-refractivity contribution in [1.29, 1.82) is 0 Å². The van der Waals surface area contributed by atoms with Crippen molar-refractivity contribution in [3.63, 3.8) is 0 Å². The number of nitro benzene ring substituents is 1. The highest BCUT2D eigenvalue weighted by Gasteiger charge is 2.13. The van der Waals surface area contributed by atoms with Gasteiger partial charge in [0.1, 0.15) is 0 Å². The summed E-state index contributed by atoms with van der Waals surface area (Å²) in [5.74, 6) is -0.416. The van der Waals surface area contributed by atoms with Crippen LogP contribution in [0, 0.1) is 10.1 Å². The van der Waals surface area contributed by atoms with Crippen LogP contribution >= 0.6 is 0 Å². The van der Waals surface area contributed by atoms with Crippen molar-refractivity contribution in [2.24, 2.45) is 0 Å². The van der Waals surface area contributed by atoms with Crippen LogP contribution < -0.4 is 5.32 Å². The van der Waals surface area contributed by atoms with Crippen molar-refractivity contribution in [1.82, 2.24) is 5.32 Å². The van der Waals surface area contributed by atoms with Gasteiger partial charge in [-0.1, -0.05) is 12.1 Å². The summed E-state index contributed by atoms with van der Waals surface area (Å²) >= 11 is 0. The first-order valence-corrected chi connectivity index (χ1v) is 5.71. The highest BCUT2D eigenvalue weighted by Crippen LogP contribution is 2.18. The minimum atomic E-state index is -0.998. The van der Waals surface area contributed by atoms with Crippen LogP contribution in [0.4, 0.5) is 5.69 Å². The number of benzene rings is 1. The largest absolute Gasteiger partial charge is 0.389 e. The molecule has 0 spiro atoms. The van der Waals surface area contributed by atoms with Gasteiger partial charge in [-0.05, 0) is 26.0 Å².